The topological polar surface area (TPSA) is 119 Å². The number of aromatic nitrogens is 4. The fourth-order valence-electron chi connectivity index (χ4n) is 4.68. The first-order chi connectivity index (χ1) is 19.3. The van der Waals surface area contributed by atoms with E-state index in [9.17, 15) is 35.9 Å². The largest absolute Gasteiger partial charge is 0.418 e. The van der Waals surface area contributed by atoms with Gasteiger partial charge in [0.15, 0.2) is 17.5 Å². The maximum atomic E-state index is 15.1. The maximum absolute atomic E-state index is 15.1. The Bertz CT molecular complexity index is 1690. The van der Waals surface area contributed by atoms with Gasteiger partial charge in [0, 0.05) is 17.7 Å². The molecule has 2 atom stereocenters. The van der Waals surface area contributed by atoms with Crippen molar-refractivity contribution in [3.05, 3.63) is 76.6 Å². The van der Waals surface area contributed by atoms with E-state index in [1.165, 1.54) is 6.92 Å². The number of carbonyl (C=O) groups is 2. The third kappa shape index (κ3) is 4.89. The van der Waals surface area contributed by atoms with Gasteiger partial charge >= 0.3 is 6.18 Å². The minimum atomic E-state index is -4.90. The molecule has 16 heteroatoms. The molecular formula is C25H18F7N7O2. The van der Waals surface area contributed by atoms with Crippen LogP contribution in [-0.2, 0) is 6.18 Å². The standard InChI is InChI=1S/C25H18F7N7O2/c1-10-2-14(26)12(19-4-13(25(30,31)32)21-22(33)35-9-36-39(19)21)3-11(10)23(40)37-18-8-38(7-17(18)29)24(41)20-15(27)5-34-6-16(20)28/h2-6,9,17-18H,7-8H2,1H3,(H,37,40)(H2,33,35,36)/t17-,18+/m0/s1. The molecule has 0 aliphatic carbocycles. The molecule has 41 heavy (non-hydrogen) atoms. The molecule has 4 heterocycles. The number of alkyl halides is 4. The molecule has 0 spiro atoms. The Morgan fingerprint density at radius 3 is 2.39 bits per heavy atom. The van der Waals surface area contributed by atoms with Crippen LogP contribution >= 0.6 is 0 Å². The lowest BCUT2D eigenvalue weighted by Gasteiger charge is -2.18. The van der Waals surface area contributed by atoms with Crippen LogP contribution < -0.4 is 11.1 Å². The van der Waals surface area contributed by atoms with E-state index in [1.54, 1.807) is 0 Å². The van der Waals surface area contributed by atoms with Crippen LogP contribution in [0.4, 0.5) is 36.6 Å². The predicted octanol–water partition coefficient (Wildman–Crippen LogP) is 3.71. The summed E-state index contributed by atoms with van der Waals surface area (Å²) in [6.07, 6.45) is -4.60. The number of halogens is 7. The van der Waals surface area contributed by atoms with Crippen molar-refractivity contribution < 1.29 is 40.3 Å². The summed E-state index contributed by atoms with van der Waals surface area (Å²) in [4.78, 5) is 33.4. The van der Waals surface area contributed by atoms with Gasteiger partial charge in [-0.15, -0.1) is 0 Å². The monoisotopic (exact) mass is 581 g/mol. The van der Waals surface area contributed by atoms with Crippen LogP contribution in [0.2, 0.25) is 0 Å². The highest BCUT2D eigenvalue weighted by molar-refractivity contribution is 5.98. The number of nitrogens with zero attached hydrogens (tertiary/aromatic N) is 5. The molecule has 1 fully saturated rings. The van der Waals surface area contributed by atoms with Gasteiger partial charge in [-0.1, -0.05) is 0 Å². The normalized spacial score (nSPS) is 17.3. The number of rotatable bonds is 4. The Morgan fingerprint density at radius 2 is 1.73 bits per heavy atom. The molecule has 9 nitrogen and oxygen atoms in total. The molecule has 5 rings (SSSR count). The van der Waals surface area contributed by atoms with Gasteiger partial charge in [0.2, 0.25) is 0 Å². The summed E-state index contributed by atoms with van der Waals surface area (Å²) < 4.78 is 99.8. The van der Waals surface area contributed by atoms with E-state index in [0.29, 0.717) is 18.5 Å². The maximum Gasteiger partial charge on any atom is 0.418 e. The Balaban J connectivity index is 1.45. The molecule has 1 aromatic carbocycles. The lowest BCUT2D eigenvalue weighted by atomic mass is 10.0. The van der Waals surface area contributed by atoms with Gasteiger partial charge in [0.05, 0.1) is 36.2 Å². The smallest absolute Gasteiger partial charge is 0.382 e. The molecular weight excluding hydrogens is 563 g/mol. The molecule has 0 unspecified atom stereocenters. The van der Waals surface area contributed by atoms with Crippen LogP contribution in [0.5, 0.6) is 0 Å². The molecule has 1 aliphatic rings. The number of nitrogen functional groups attached to an aromatic ring is 1. The van der Waals surface area contributed by atoms with Crippen molar-refractivity contribution in [1.82, 2.24) is 29.8 Å². The molecule has 1 saturated heterocycles. The Hall–Kier alpha value is -4.76. The molecule has 0 saturated carbocycles. The summed E-state index contributed by atoms with van der Waals surface area (Å²) in [5.74, 6) is -6.06. The third-order valence-corrected chi connectivity index (χ3v) is 6.64. The van der Waals surface area contributed by atoms with Crippen LogP contribution in [0.25, 0.3) is 16.8 Å². The number of aryl methyl sites for hydroxylation is 1. The van der Waals surface area contributed by atoms with Crippen LogP contribution in [0.3, 0.4) is 0 Å². The van der Waals surface area contributed by atoms with E-state index in [0.717, 1.165) is 27.9 Å². The zero-order valence-electron chi connectivity index (χ0n) is 20.8. The molecule has 214 valence electrons. The van der Waals surface area contributed by atoms with Gasteiger partial charge in [-0.05, 0) is 30.7 Å². The van der Waals surface area contributed by atoms with Crippen molar-refractivity contribution in [3.63, 3.8) is 0 Å². The molecule has 1 aliphatic heterocycles. The minimum Gasteiger partial charge on any atom is -0.382 e. The van der Waals surface area contributed by atoms with E-state index in [-0.39, 0.29) is 16.8 Å². The van der Waals surface area contributed by atoms with Crippen LogP contribution in [0.1, 0.15) is 31.8 Å². The fraction of sp³-hybridized carbons (Fsp3) is 0.240. The third-order valence-electron chi connectivity index (χ3n) is 6.64. The number of anilines is 1. The second-order valence-electron chi connectivity index (χ2n) is 9.28. The van der Waals surface area contributed by atoms with Gasteiger partial charge in [0.1, 0.15) is 29.4 Å². The molecule has 0 bridgehead atoms. The first-order valence-electron chi connectivity index (χ1n) is 11.8. The van der Waals surface area contributed by atoms with Crippen molar-refractivity contribution in [2.45, 2.75) is 25.3 Å². The summed E-state index contributed by atoms with van der Waals surface area (Å²) >= 11 is 0. The Kier molecular flexibility index (Phi) is 6.79. The number of nitrogens with two attached hydrogens (primary N) is 1. The molecule has 3 N–H and O–H groups in total. The Morgan fingerprint density at radius 1 is 1.05 bits per heavy atom. The number of nitrogens with one attached hydrogen (secondary N) is 1. The van der Waals surface area contributed by atoms with Crippen LogP contribution in [0.15, 0.2) is 36.9 Å². The SMILES string of the molecule is Cc1cc(F)c(-c2cc(C(F)(F)F)c3c(N)ncnn23)cc1C(=O)N[C@@H]1CN(C(=O)c2c(F)cncc2F)C[C@@H]1F. The zero-order chi connectivity index (χ0) is 29.8. The second-order valence-corrected chi connectivity index (χ2v) is 9.28. The van der Waals surface area contributed by atoms with Crippen molar-refractivity contribution in [1.29, 1.82) is 0 Å². The van der Waals surface area contributed by atoms with Crippen molar-refractivity contribution >= 4 is 23.1 Å². The van der Waals surface area contributed by atoms with E-state index in [1.807, 2.05) is 0 Å². The summed E-state index contributed by atoms with van der Waals surface area (Å²) in [7, 11) is 0. The number of pyridine rings is 1. The number of amides is 2. The lowest BCUT2D eigenvalue weighted by Crippen LogP contribution is -2.42. The van der Waals surface area contributed by atoms with Gasteiger partial charge in [0.25, 0.3) is 11.8 Å². The molecule has 0 radical (unpaired) electrons. The quantitative estimate of drug-likeness (QED) is 0.355. The minimum absolute atomic E-state index is 0.0667. The highest BCUT2D eigenvalue weighted by Crippen LogP contribution is 2.39. The predicted molar refractivity (Wildman–Crippen MR) is 129 cm³/mol. The average molecular weight is 581 g/mol. The van der Waals surface area contributed by atoms with Crippen molar-refractivity contribution in [2.24, 2.45) is 0 Å². The first-order valence-corrected chi connectivity index (χ1v) is 11.8. The zero-order valence-corrected chi connectivity index (χ0v) is 20.8. The highest BCUT2D eigenvalue weighted by atomic mass is 19.4. The van der Waals surface area contributed by atoms with Crippen molar-refractivity contribution in [2.75, 3.05) is 18.8 Å². The fourth-order valence-corrected chi connectivity index (χ4v) is 4.68. The summed E-state index contributed by atoms with van der Waals surface area (Å²) in [6.45, 7) is 0.316. The van der Waals surface area contributed by atoms with E-state index < -0.39 is 88.8 Å². The number of fused-ring (bicyclic) bond motifs is 1. The summed E-state index contributed by atoms with van der Waals surface area (Å²) in [5.41, 5.74) is 1.91. The van der Waals surface area contributed by atoms with Crippen LogP contribution in [-0.4, -0.2) is 61.6 Å². The number of benzene rings is 1. The van der Waals surface area contributed by atoms with E-state index >= 15 is 4.39 Å². The van der Waals surface area contributed by atoms with E-state index in [2.05, 4.69) is 20.4 Å². The molecule has 3 aromatic heterocycles. The first kappa shape index (κ1) is 27.8. The average Bonchev–Trinajstić information content (AvgIpc) is 3.45. The summed E-state index contributed by atoms with van der Waals surface area (Å²) in [6, 6.07) is 1.19. The Labute approximate surface area is 225 Å². The van der Waals surface area contributed by atoms with Gasteiger partial charge in [-0.2, -0.15) is 18.3 Å². The van der Waals surface area contributed by atoms with E-state index in [4.69, 9.17) is 5.73 Å². The molecule has 2 amide bonds. The number of hydrogen-bond acceptors (Lipinski definition) is 6. The lowest BCUT2D eigenvalue weighted by molar-refractivity contribution is -0.136. The van der Waals surface area contributed by atoms with Gasteiger partial charge in [-0.3, -0.25) is 14.6 Å². The molecule has 4 aromatic rings. The number of carbonyl (C=O) groups excluding carboxylic acids is 2. The second kappa shape index (κ2) is 10.0. The number of hydrogen-bond donors (Lipinski definition) is 2. The summed E-state index contributed by atoms with van der Waals surface area (Å²) in [5, 5.41) is 6.12. The van der Waals surface area contributed by atoms with Gasteiger partial charge in [-0.25, -0.2) is 27.1 Å². The van der Waals surface area contributed by atoms with Crippen molar-refractivity contribution in [3.8, 4) is 11.3 Å². The van der Waals surface area contributed by atoms with Crippen LogP contribution in [0, 0.1) is 24.4 Å². The highest BCUT2D eigenvalue weighted by Gasteiger charge is 2.39. The number of likely N-dealkylation sites (tertiary alicyclic amines) is 1. The van der Waals surface area contributed by atoms with Gasteiger partial charge < -0.3 is 16.0 Å².